The number of hydrogen-bond donors (Lipinski definition) is 0. The number of ether oxygens (including phenoxy) is 1. The summed E-state index contributed by atoms with van der Waals surface area (Å²) in [6.45, 7) is 8.62. The van der Waals surface area contributed by atoms with E-state index in [9.17, 15) is 4.79 Å². The summed E-state index contributed by atoms with van der Waals surface area (Å²) >= 11 is 0. The lowest BCUT2D eigenvalue weighted by atomic mass is 9.88. The van der Waals surface area contributed by atoms with Crippen molar-refractivity contribution < 1.29 is 13.9 Å². The Kier molecular flexibility index (Phi) is 4.41. The first-order valence-electron chi connectivity index (χ1n) is 7.43. The summed E-state index contributed by atoms with van der Waals surface area (Å²) < 4.78 is 11.0. The van der Waals surface area contributed by atoms with Gasteiger partial charge in [-0.3, -0.25) is 4.90 Å². The van der Waals surface area contributed by atoms with Gasteiger partial charge in [0.25, 0.3) is 0 Å². The van der Waals surface area contributed by atoms with Crippen molar-refractivity contribution >= 4 is 6.09 Å². The number of rotatable bonds is 2. The van der Waals surface area contributed by atoms with Gasteiger partial charge >= 0.3 is 6.09 Å². The van der Waals surface area contributed by atoms with E-state index < -0.39 is 5.60 Å². The normalized spacial score (nSPS) is 23.7. The lowest BCUT2D eigenvalue weighted by molar-refractivity contribution is 0.000811. The molecule has 0 saturated carbocycles. The average molecular weight is 279 g/mol. The Morgan fingerprint density at radius 1 is 1.50 bits per heavy atom. The quantitative estimate of drug-likeness (QED) is 0.807. The van der Waals surface area contributed by atoms with Crippen LogP contribution in [0.25, 0.3) is 0 Å². The predicted molar refractivity (Wildman–Crippen MR) is 77.4 cm³/mol. The summed E-state index contributed by atoms with van der Waals surface area (Å²) in [5, 5.41) is 0. The minimum Gasteiger partial charge on any atom is -0.467 e. The third kappa shape index (κ3) is 3.56. The monoisotopic (exact) mass is 279 g/mol. The smallest absolute Gasteiger partial charge is 0.410 e. The van der Waals surface area contributed by atoms with Gasteiger partial charge in [-0.1, -0.05) is 13.3 Å². The Morgan fingerprint density at radius 3 is 2.80 bits per heavy atom. The molecule has 0 radical (unpaired) electrons. The molecule has 112 valence electrons. The van der Waals surface area contributed by atoms with Crippen molar-refractivity contribution in [1.82, 2.24) is 4.90 Å². The van der Waals surface area contributed by atoms with Crippen LogP contribution in [0.3, 0.4) is 0 Å². The van der Waals surface area contributed by atoms with Crippen LogP contribution in [0.5, 0.6) is 0 Å². The maximum Gasteiger partial charge on any atom is 0.410 e. The number of amides is 1. The molecule has 0 N–H and O–H groups in total. The molecule has 0 spiro atoms. The second-order valence-corrected chi connectivity index (χ2v) is 6.50. The maximum absolute atomic E-state index is 12.4. The van der Waals surface area contributed by atoms with Crippen molar-refractivity contribution in [2.24, 2.45) is 5.92 Å². The second-order valence-electron chi connectivity index (χ2n) is 6.50. The Hall–Kier alpha value is -1.45. The molecular formula is C16H25NO3. The van der Waals surface area contributed by atoms with E-state index in [4.69, 9.17) is 9.15 Å². The van der Waals surface area contributed by atoms with Crippen molar-refractivity contribution in [3.8, 4) is 0 Å². The van der Waals surface area contributed by atoms with E-state index in [-0.39, 0.29) is 12.1 Å². The first kappa shape index (κ1) is 14.9. The van der Waals surface area contributed by atoms with Gasteiger partial charge < -0.3 is 9.15 Å². The molecule has 1 saturated heterocycles. The Balaban J connectivity index is 2.15. The van der Waals surface area contributed by atoms with Crippen LogP contribution in [0.15, 0.2) is 22.8 Å². The fourth-order valence-corrected chi connectivity index (χ4v) is 2.70. The van der Waals surface area contributed by atoms with Crippen LogP contribution in [0.1, 0.15) is 58.8 Å². The summed E-state index contributed by atoms with van der Waals surface area (Å²) in [6.07, 6.45) is 4.54. The molecule has 20 heavy (non-hydrogen) atoms. The fourth-order valence-electron chi connectivity index (χ4n) is 2.70. The van der Waals surface area contributed by atoms with Gasteiger partial charge in [-0.15, -0.1) is 0 Å². The molecule has 2 atom stereocenters. The van der Waals surface area contributed by atoms with Gasteiger partial charge in [0.1, 0.15) is 11.4 Å². The van der Waals surface area contributed by atoms with Crippen LogP contribution >= 0.6 is 0 Å². The number of furan rings is 1. The van der Waals surface area contributed by atoms with Gasteiger partial charge in [-0.25, -0.2) is 4.79 Å². The van der Waals surface area contributed by atoms with E-state index >= 15 is 0 Å². The van der Waals surface area contributed by atoms with Gasteiger partial charge in [0, 0.05) is 6.54 Å². The van der Waals surface area contributed by atoms with Gasteiger partial charge in [0.15, 0.2) is 0 Å². The molecule has 2 heterocycles. The number of carbonyl (C=O) groups is 1. The fraction of sp³-hybridized carbons (Fsp3) is 0.688. The van der Waals surface area contributed by atoms with Crippen LogP contribution < -0.4 is 0 Å². The number of piperidine rings is 1. The molecule has 4 nitrogen and oxygen atoms in total. The number of hydrogen-bond acceptors (Lipinski definition) is 3. The maximum atomic E-state index is 12.4. The second kappa shape index (κ2) is 5.90. The van der Waals surface area contributed by atoms with Crippen molar-refractivity contribution in [3.63, 3.8) is 0 Å². The van der Waals surface area contributed by atoms with Crippen molar-refractivity contribution in [3.05, 3.63) is 24.2 Å². The van der Waals surface area contributed by atoms with E-state index in [0.717, 1.165) is 31.6 Å². The summed E-state index contributed by atoms with van der Waals surface area (Å²) in [6, 6.07) is 3.82. The average Bonchev–Trinajstić information content (AvgIpc) is 2.89. The molecule has 1 aromatic rings. The van der Waals surface area contributed by atoms with Crippen molar-refractivity contribution in [1.29, 1.82) is 0 Å². The van der Waals surface area contributed by atoms with Crippen LogP contribution in [-0.2, 0) is 4.74 Å². The van der Waals surface area contributed by atoms with Gasteiger partial charge in [-0.05, 0) is 51.7 Å². The molecule has 1 aromatic heterocycles. The summed E-state index contributed by atoms with van der Waals surface area (Å²) in [4.78, 5) is 14.2. The Morgan fingerprint density at radius 2 is 2.25 bits per heavy atom. The third-order valence-electron chi connectivity index (χ3n) is 3.79. The molecular weight excluding hydrogens is 254 g/mol. The largest absolute Gasteiger partial charge is 0.467 e. The standard InChI is InChI=1S/C16H25NO3/c1-5-12-8-9-17(15(18)20-16(2,3)4)13(11-12)14-7-6-10-19-14/h6-7,10,12-13H,5,8-9,11H2,1-4H3. The summed E-state index contributed by atoms with van der Waals surface area (Å²) in [5.41, 5.74) is -0.466. The molecule has 1 aliphatic heterocycles. The van der Waals surface area contributed by atoms with Gasteiger partial charge in [-0.2, -0.15) is 0 Å². The highest BCUT2D eigenvalue weighted by Crippen LogP contribution is 2.36. The third-order valence-corrected chi connectivity index (χ3v) is 3.79. The Bertz CT molecular complexity index is 433. The van der Waals surface area contributed by atoms with E-state index in [2.05, 4.69) is 6.92 Å². The molecule has 1 amide bonds. The van der Waals surface area contributed by atoms with Crippen LogP contribution in [0, 0.1) is 5.92 Å². The SMILES string of the molecule is CCC1CCN(C(=O)OC(C)(C)C)C(c2ccco2)C1. The lowest BCUT2D eigenvalue weighted by Gasteiger charge is -2.38. The number of carbonyl (C=O) groups excluding carboxylic acids is 1. The van der Waals surface area contributed by atoms with Crippen LogP contribution in [0.4, 0.5) is 4.79 Å². The van der Waals surface area contributed by atoms with Crippen molar-refractivity contribution in [2.75, 3.05) is 6.54 Å². The lowest BCUT2D eigenvalue weighted by Crippen LogP contribution is -2.43. The van der Waals surface area contributed by atoms with Crippen LogP contribution in [-0.4, -0.2) is 23.1 Å². The molecule has 1 fully saturated rings. The highest BCUT2D eigenvalue weighted by atomic mass is 16.6. The molecule has 0 aliphatic carbocycles. The summed E-state index contributed by atoms with van der Waals surface area (Å²) in [5.74, 6) is 1.50. The minimum absolute atomic E-state index is 0.00134. The van der Waals surface area contributed by atoms with E-state index in [1.165, 1.54) is 0 Å². The molecule has 1 aliphatic rings. The zero-order valence-corrected chi connectivity index (χ0v) is 12.9. The minimum atomic E-state index is -0.466. The van der Waals surface area contributed by atoms with E-state index in [0.29, 0.717) is 5.92 Å². The van der Waals surface area contributed by atoms with Gasteiger partial charge in [0.05, 0.1) is 12.3 Å². The van der Waals surface area contributed by atoms with Crippen LogP contribution in [0.2, 0.25) is 0 Å². The zero-order chi connectivity index (χ0) is 14.8. The number of nitrogens with zero attached hydrogens (tertiary/aromatic N) is 1. The van der Waals surface area contributed by atoms with Crippen molar-refractivity contribution in [2.45, 2.75) is 58.6 Å². The zero-order valence-electron chi connectivity index (χ0n) is 12.9. The van der Waals surface area contributed by atoms with E-state index in [1.807, 2.05) is 37.8 Å². The number of likely N-dealkylation sites (tertiary alicyclic amines) is 1. The van der Waals surface area contributed by atoms with Gasteiger partial charge in [0.2, 0.25) is 0 Å². The summed E-state index contributed by atoms with van der Waals surface area (Å²) in [7, 11) is 0. The first-order chi connectivity index (χ1) is 9.40. The molecule has 2 rings (SSSR count). The predicted octanol–water partition coefficient (Wildman–Crippen LogP) is 4.38. The van der Waals surface area contributed by atoms with E-state index in [1.54, 1.807) is 6.26 Å². The molecule has 2 unspecified atom stereocenters. The highest BCUT2D eigenvalue weighted by Gasteiger charge is 2.35. The Labute approximate surface area is 121 Å². The first-order valence-corrected chi connectivity index (χ1v) is 7.43. The molecule has 0 aromatic carbocycles. The molecule has 4 heteroatoms. The highest BCUT2D eigenvalue weighted by molar-refractivity contribution is 5.69. The molecule has 0 bridgehead atoms. The topological polar surface area (TPSA) is 42.7 Å².